The number of nitrogens with one attached hydrogen (secondary N) is 1. The molecule has 0 aliphatic carbocycles. The number of rotatable bonds is 5. The Kier molecular flexibility index (Phi) is 6.29. The molecule has 1 atom stereocenters. The maximum absolute atomic E-state index is 12.7. The first kappa shape index (κ1) is 20.7. The Bertz CT molecular complexity index is 948. The standard InChI is InChI=1S/C21H24BrN5O3/c1-14-9-17(25-21(24-14)26-5-7-30-8-6-26)12-23-20(29)15-10-19(28)27(13-15)18-4-2-3-16(22)11-18/h2-4,9,11,15H,5-8,10,12-13H2,1H3,(H,23,29). The molecule has 30 heavy (non-hydrogen) atoms. The number of aromatic nitrogens is 2. The summed E-state index contributed by atoms with van der Waals surface area (Å²) < 4.78 is 6.28. The number of aryl methyl sites for hydroxylation is 1. The van der Waals surface area contributed by atoms with Crippen molar-refractivity contribution in [1.82, 2.24) is 15.3 Å². The van der Waals surface area contributed by atoms with Gasteiger partial charge in [0.2, 0.25) is 17.8 Å². The van der Waals surface area contributed by atoms with E-state index in [0.29, 0.717) is 32.3 Å². The number of benzene rings is 1. The van der Waals surface area contributed by atoms with Gasteiger partial charge in [0.15, 0.2) is 0 Å². The smallest absolute Gasteiger partial charge is 0.227 e. The molecule has 2 aliphatic rings. The maximum atomic E-state index is 12.7. The second kappa shape index (κ2) is 9.09. The van der Waals surface area contributed by atoms with Crippen LogP contribution in [-0.4, -0.2) is 54.6 Å². The van der Waals surface area contributed by atoms with Crippen LogP contribution in [0.25, 0.3) is 0 Å². The summed E-state index contributed by atoms with van der Waals surface area (Å²) in [6.07, 6.45) is 0.209. The first-order chi connectivity index (χ1) is 14.5. The van der Waals surface area contributed by atoms with Crippen LogP contribution in [0, 0.1) is 12.8 Å². The van der Waals surface area contributed by atoms with Crippen LogP contribution in [0.5, 0.6) is 0 Å². The van der Waals surface area contributed by atoms with E-state index in [-0.39, 0.29) is 24.2 Å². The molecule has 1 aromatic heterocycles. The molecule has 2 aromatic rings. The molecule has 2 saturated heterocycles. The molecule has 0 spiro atoms. The van der Waals surface area contributed by atoms with Crippen molar-refractivity contribution in [3.05, 3.63) is 46.2 Å². The lowest BCUT2D eigenvalue weighted by Crippen LogP contribution is -2.38. The van der Waals surface area contributed by atoms with Crippen LogP contribution in [-0.2, 0) is 20.9 Å². The summed E-state index contributed by atoms with van der Waals surface area (Å²) >= 11 is 3.42. The zero-order valence-electron chi connectivity index (χ0n) is 16.8. The van der Waals surface area contributed by atoms with Gasteiger partial charge < -0.3 is 19.9 Å². The number of morpholine rings is 1. The SMILES string of the molecule is Cc1cc(CNC(=O)C2CC(=O)N(c3cccc(Br)c3)C2)nc(N2CCOCC2)n1. The van der Waals surface area contributed by atoms with Crippen molar-refractivity contribution in [2.75, 3.05) is 42.6 Å². The van der Waals surface area contributed by atoms with Crippen molar-refractivity contribution in [3.8, 4) is 0 Å². The van der Waals surface area contributed by atoms with Gasteiger partial charge in [-0.05, 0) is 31.2 Å². The highest BCUT2D eigenvalue weighted by atomic mass is 79.9. The van der Waals surface area contributed by atoms with Crippen molar-refractivity contribution < 1.29 is 14.3 Å². The Morgan fingerprint density at radius 2 is 2.07 bits per heavy atom. The van der Waals surface area contributed by atoms with Crippen LogP contribution in [0.2, 0.25) is 0 Å². The number of hydrogen-bond donors (Lipinski definition) is 1. The lowest BCUT2D eigenvalue weighted by Gasteiger charge is -2.27. The van der Waals surface area contributed by atoms with E-state index in [1.807, 2.05) is 37.3 Å². The van der Waals surface area contributed by atoms with E-state index in [1.54, 1.807) is 4.90 Å². The zero-order chi connectivity index (χ0) is 21.1. The van der Waals surface area contributed by atoms with Crippen LogP contribution in [0.15, 0.2) is 34.8 Å². The molecule has 3 heterocycles. The summed E-state index contributed by atoms with van der Waals surface area (Å²) in [6.45, 7) is 5.43. The van der Waals surface area contributed by atoms with Crippen LogP contribution in [0.1, 0.15) is 17.8 Å². The molecule has 4 rings (SSSR count). The number of amides is 2. The minimum Gasteiger partial charge on any atom is -0.378 e. The highest BCUT2D eigenvalue weighted by Crippen LogP contribution is 2.27. The molecule has 2 fully saturated rings. The Hall–Kier alpha value is -2.52. The number of carbonyl (C=O) groups excluding carboxylic acids is 2. The number of halogens is 1. The number of ether oxygens (including phenoxy) is 1. The average molecular weight is 474 g/mol. The first-order valence-electron chi connectivity index (χ1n) is 10.0. The van der Waals surface area contributed by atoms with Crippen molar-refractivity contribution >= 4 is 39.4 Å². The van der Waals surface area contributed by atoms with Gasteiger partial charge in [-0.2, -0.15) is 0 Å². The second-order valence-electron chi connectivity index (χ2n) is 7.50. The third kappa shape index (κ3) is 4.79. The minimum atomic E-state index is -0.377. The van der Waals surface area contributed by atoms with E-state index in [4.69, 9.17) is 4.74 Å². The molecule has 158 valence electrons. The van der Waals surface area contributed by atoms with Gasteiger partial charge in [-0.1, -0.05) is 22.0 Å². The average Bonchev–Trinajstić information content (AvgIpc) is 3.14. The van der Waals surface area contributed by atoms with E-state index in [9.17, 15) is 9.59 Å². The molecule has 2 amide bonds. The fourth-order valence-corrected chi connectivity index (χ4v) is 4.10. The largest absolute Gasteiger partial charge is 0.378 e. The monoisotopic (exact) mass is 473 g/mol. The molecule has 8 nitrogen and oxygen atoms in total. The Labute approximate surface area is 183 Å². The Morgan fingerprint density at radius 1 is 1.27 bits per heavy atom. The third-order valence-electron chi connectivity index (χ3n) is 5.25. The number of carbonyl (C=O) groups is 2. The Balaban J connectivity index is 1.38. The Morgan fingerprint density at radius 3 is 2.83 bits per heavy atom. The lowest BCUT2D eigenvalue weighted by molar-refractivity contribution is -0.126. The molecule has 1 unspecified atom stereocenters. The normalized spacial score (nSPS) is 19.3. The fraction of sp³-hybridized carbons (Fsp3) is 0.429. The predicted molar refractivity (Wildman–Crippen MR) is 116 cm³/mol. The molecule has 9 heteroatoms. The lowest BCUT2D eigenvalue weighted by atomic mass is 10.1. The molecule has 2 aliphatic heterocycles. The summed E-state index contributed by atoms with van der Waals surface area (Å²) in [6, 6.07) is 9.42. The number of anilines is 2. The molecule has 1 N–H and O–H groups in total. The topological polar surface area (TPSA) is 87.7 Å². The summed E-state index contributed by atoms with van der Waals surface area (Å²) in [5.41, 5.74) is 2.41. The summed E-state index contributed by atoms with van der Waals surface area (Å²) in [5, 5.41) is 2.94. The molecular formula is C21H24BrN5O3. The maximum Gasteiger partial charge on any atom is 0.227 e. The van der Waals surface area contributed by atoms with Crippen LogP contribution in [0.4, 0.5) is 11.6 Å². The first-order valence-corrected chi connectivity index (χ1v) is 10.8. The quantitative estimate of drug-likeness (QED) is 0.714. The zero-order valence-corrected chi connectivity index (χ0v) is 18.4. The fourth-order valence-electron chi connectivity index (χ4n) is 3.71. The second-order valence-corrected chi connectivity index (χ2v) is 8.42. The third-order valence-corrected chi connectivity index (χ3v) is 5.74. The van der Waals surface area contributed by atoms with Gasteiger partial charge in [-0.3, -0.25) is 9.59 Å². The van der Waals surface area contributed by atoms with Crippen molar-refractivity contribution in [1.29, 1.82) is 0 Å². The highest BCUT2D eigenvalue weighted by molar-refractivity contribution is 9.10. The summed E-state index contributed by atoms with van der Waals surface area (Å²) in [7, 11) is 0. The molecule has 1 aromatic carbocycles. The van der Waals surface area contributed by atoms with Crippen LogP contribution in [0.3, 0.4) is 0 Å². The molecule has 0 saturated carbocycles. The van der Waals surface area contributed by atoms with Crippen LogP contribution >= 0.6 is 15.9 Å². The van der Waals surface area contributed by atoms with Crippen molar-refractivity contribution in [2.45, 2.75) is 19.9 Å². The molecule has 0 bridgehead atoms. The molecule has 0 radical (unpaired) electrons. The van der Waals surface area contributed by atoms with E-state index < -0.39 is 0 Å². The predicted octanol–water partition coefficient (Wildman–Crippen LogP) is 2.05. The molecular weight excluding hydrogens is 450 g/mol. The van der Waals surface area contributed by atoms with E-state index in [1.165, 1.54) is 0 Å². The van der Waals surface area contributed by atoms with E-state index in [0.717, 1.165) is 34.6 Å². The van der Waals surface area contributed by atoms with Gasteiger partial charge in [-0.25, -0.2) is 9.97 Å². The van der Waals surface area contributed by atoms with Gasteiger partial charge in [-0.15, -0.1) is 0 Å². The van der Waals surface area contributed by atoms with E-state index >= 15 is 0 Å². The number of hydrogen-bond acceptors (Lipinski definition) is 6. The van der Waals surface area contributed by atoms with Gasteiger partial charge in [0, 0.05) is 41.9 Å². The van der Waals surface area contributed by atoms with Crippen molar-refractivity contribution in [2.24, 2.45) is 5.92 Å². The van der Waals surface area contributed by atoms with Crippen molar-refractivity contribution in [3.63, 3.8) is 0 Å². The van der Waals surface area contributed by atoms with Gasteiger partial charge in [0.05, 0.1) is 31.4 Å². The minimum absolute atomic E-state index is 0.0410. The van der Waals surface area contributed by atoms with Gasteiger partial charge >= 0.3 is 0 Å². The van der Waals surface area contributed by atoms with Crippen LogP contribution < -0.4 is 15.1 Å². The van der Waals surface area contributed by atoms with Gasteiger partial charge in [0.25, 0.3) is 0 Å². The van der Waals surface area contributed by atoms with Gasteiger partial charge in [0.1, 0.15) is 0 Å². The summed E-state index contributed by atoms with van der Waals surface area (Å²) in [5.74, 6) is 0.114. The summed E-state index contributed by atoms with van der Waals surface area (Å²) in [4.78, 5) is 38.0. The number of nitrogens with zero attached hydrogens (tertiary/aromatic N) is 4. The highest BCUT2D eigenvalue weighted by Gasteiger charge is 2.35. The van der Waals surface area contributed by atoms with E-state index in [2.05, 4.69) is 36.1 Å².